The van der Waals surface area contributed by atoms with E-state index < -0.39 is 17.7 Å². The Morgan fingerprint density at radius 2 is 1.77 bits per heavy atom. The fourth-order valence-electron chi connectivity index (χ4n) is 4.60. The number of amides is 1. The molecule has 4 rings (SSSR count). The summed E-state index contributed by atoms with van der Waals surface area (Å²) in [5.74, 6) is -0.726. The molecule has 0 aliphatic heterocycles. The molecular formula is C25H23Cl2F4N3O. The van der Waals surface area contributed by atoms with Crippen LogP contribution in [0, 0.1) is 5.82 Å². The van der Waals surface area contributed by atoms with Crippen LogP contribution in [0.3, 0.4) is 0 Å². The minimum Gasteiger partial charge on any atom is -0.371 e. The summed E-state index contributed by atoms with van der Waals surface area (Å²) in [6, 6.07) is 9.63. The highest BCUT2D eigenvalue weighted by Gasteiger charge is 2.34. The van der Waals surface area contributed by atoms with E-state index in [4.69, 9.17) is 23.2 Å². The molecule has 186 valence electrons. The van der Waals surface area contributed by atoms with Crippen LogP contribution >= 0.6 is 23.2 Å². The highest BCUT2D eigenvalue weighted by Crippen LogP contribution is 2.37. The van der Waals surface area contributed by atoms with Crippen LogP contribution in [0.2, 0.25) is 10.0 Å². The number of anilines is 1. The summed E-state index contributed by atoms with van der Waals surface area (Å²) in [6.45, 7) is 0. The van der Waals surface area contributed by atoms with E-state index in [0.29, 0.717) is 47.3 Å². The number of nitrogens with one attached hydrogen (secondary N) is 1. The zero-order valence-corrected chi connectivity index (χ0v) is 20.3. The van der Waals surface area contributed by atoms with Crippen LogP contribution in [-0.4, -0.2) is 30.0 Å². The summed E-state index contributed by atoms with van der Waals surface area (Å²) in [5.41, 5.74) is 0.182. The van der Waals surface area contributed by atoms with Gasteiger partial charge < -0.3 is 10.2 Å². The fraction of sp³-hybridized carbons (Fsp3) is 0.360. The first kappa shape index (κ1) is 25.5. The molecule has 1 heterocycles. The van der Waals surface area contributed by atoms with Gasteiger partial charge in [-0.3, -0.25) is 4.79 Å². The molecule has 10 heteroatoms. The number of fused-ring (bicyclic) bond motifs is 1. The number of pyridine rings is 1. The Kier molecular flexibility index (Phi) is 7.43. The third-order valence-corrected chi connectivity index (χ3v) is 6.77. The van der Waals surface area contributed by atoms with Gasteiger partial charge in [0.25, 0.3) is 0 Å². The molecule has 2 aromatic carbocycles. The first-order valence-electron chi connectivity index (χ1n) is 11.1. The maximum Gasteiger partial charge on any atom is 0.433 e. The number of rotatable bonds is 5. The van der Waals surface area contributed by atoms with E-state index in [1.165, 1.54) is 24.3 Å². The fourth-order valence-corrected chi connectivity index (χ4v) is 5.01. The third kappa shape index (κ3) is 6.16. The van der Waals surface area contributed by atoms with Gasteiger partial charge in [-0.1, -0.05) is 23.2 Å². The Morgan fingerprint density at radius 1 is 1.06 bits per heavy atom. The lowest BCUT2D eigenvalue weighted by molar-refractivity contribution is -0.140. The second kappa shape index (κ2) is 10.2. The highest BCUT2D eigenvalue weighted by atomic mass is 35.5. The average molecular weight is 528 g/mol. The van der Waals surface area contributed by atoms with Crippen LogP contribution < -0.4 is 10.2 Å². The molecule has 0 bridgehead atoms. The first-order chi connectivity index (χ1) is 16.5. The molecule has 1 amide bonds. The monoisotopic (exact) mass is 527 g/mol. The van der Waals surface area contributed by atoms with Crippen molar-refractivity contribution in [3.63, 3.8) is 0 Å². The van der Waals surface area contributed by atoms with Crippen LogP contribution in [-0.2, 0) is 17.4 Å². The Labute approximate surface area is 210 Å². The number of halogens is 6. The van der Waals surface area contributed by atoms with Crippen molar-refractivity contribution in [3.8, 4) is 0 Å². The molecule has 3 aromatic rings. The molecule has 1 saturated carbocycles. The van der Waals surface area contributed by atoms with E-state index in [9.17, 15) is 22.4 Å². The third-order valence-electron chi connectivity index (χ3n) is 6.32. The van der Waals surface area contributed by atoms with Crippen molar-refractivity contribution in [2.45, 2.75) is 50.4 Å². The standard InChI is InChI=1S/C25H23Cl2F4N3O/c1-34(22-13-23(25(29,30)31)33-21-7-2-15(26)12-20(21)22)19-5-3-18(4-6-19)32-24(35)10-14-8-16(27)11-17(28)9-14/h2,7-9,11-13,18-19H,3-6,10H2,1H3,(H,32,35). The van der Waals surface area contributed by atoms with Gasteiger partial charge in [0.15, 0.2) is 0 Å². The zero-order chi connectivity index (χ0) is 25.3. The highest BCUT2D eigenvalue weighted by molar-refractivity contribution is 6.31. The largest absolute Gasteiger partial charge is 0.433 e. The second-order valence-corrected chi connectivity index (χ2v) is 9.70. The van der Waals surface area contributed by atoms with Gasteiger partial charge >= 0.3 is 6.18 Å². The molecule has 1 aliphatic carbocycles. The lowest BCUT2D eigenvalue weighted by Gasteiger charge is -2.37. The maximum atomic E-state index is 13.5. The Morgan fingerprint density at radius 3 is 2.43 bits per heavy atom. The predicted octanol–water partition coefficient (Wildman–Crippen LogP) is 6.81. The molecule has 0 radical (unpaired) electrons. The normalized spacial score (nSPS) is 18.5. The van der Waals surface area contributed by atoms with E-state index in [2.05, 4.69) is 10.3 Å². The number of carbonyl (C=O) groups is 1. The number of carbonyl (C=O) groups excluding carboxylic acids is 1. The SMILES string of the molecule is CN(c1cc(C(F)(F)F)nc2ccc(Cl)cc12)C1CCC(NC(=O)Cc2cc(F)cc(Cl)c2)CC1. The number of alkyl halides is 3. The average Bonchev–Trinajstić information content (AvgIpc) is 2.77. The number of aromatic nitrogens is 1. The van der Waals surface area contributed by atoms with Crippen molar-refractivity contribution in [1.82, 2.24) is 10.3 Å². The summed E-state index contributed by atoms with van der Waals surface area (Å²) in [7, 11) is 1.77. The smallest absolute Gasteiger partial charge is 0.371 e. The van der Waals surface area contributed by atoms with E-state index in [1.807, 2.05) is 4.90 Å². The lowest BCUT2D eigenvalue weighted by Crippen LogP contribution is -2.43. The van der Waals surface area contributed by atoms with E-state index in [1.54, 1.807) is 19.2 Å². The second-order valence-electron chi connectivity index (χ2n) is 8.82. The molecule has 1 aromatic heterocycles. The van der Waals surface area contributed by atoms with Gasteiger partial charge in [0.1, 0.15) is 11.5 Å². The van der Waals surface area contributed by atoms with Gasteiger partial charge in [0.2, 0.25) is 5.91 Å². The Balaban J connectivity index is 1.44. The van der Waals surface area contributed by atoms with Crippen LogP contribution in [0.15, 0.2) is 42.5 Å². The van der Waals surface area contributed by atoms with Crippen molar-refractivity contribution in [2.75, 3.05) is 11.9 Å². The van der Waals surface area contributed by atoms with Gasteiger partial charge in [0, 0.05) is 40.3 Å². The summed E-state index contributed by atoms with van der Waals surface area (Å²) in [4.78, 5) is 18.1. The Bertz CT molecular complexity index is 1220. The van der Waals surface area contributed by atoms with Crippen molar-refractivity contribution >= 4 is 45.7 Å². The molecule has 1 aliphatic rings. The molecule has 0 unspecified atom stereocenters. The maximum absolute atomic E-state index is 13.5. The lowest BCUT2D eigenvalue weighted by atomic mass is 9.89. The summed E-state index contributed by atoms with van der Waals surface area (Å²) < 4.78 is 53.9. The minimum atomic E-state index is -4.57. The van der Waals surface area contributed by atoms with Crippen molar-refractivity contribution in [1.29, 1.82) is 0 Å². The Hall–Kier alpha value is -2.58. The topological polar surface area (TPSA) is 45.2 Å². The van der Waals surface area contributed by atoms with Crippen LogP contribution in [0.25, 0.3) is 10.9 Å². The van der Waals surface area contributed by atoms with Crippen LogP contribution in [0.1, 0.15) is 36.9 Å². The molecular weight excluding hydrogens is 505 g/mol. The van der Waals surface area contributed by atoms with Gasteiger partial charge in [-0.2, -0.15) is 13.2 Å². The van der Waals surface area contributed by atoms with Gasteiger partial charge in [0.05, 0.1) is 11.9 Å². The molecule has 0 atom stereocenters. The molecule has 1 N–H and O–H groups in total. The molecule has 35 heavy (non-hydrogen) atoms. The van der Waals surface area contributed by atoms with Crippen molar-refractivity contribution in [2.24, 2.45) is 0 Å². The van der Waals surface area contributed by atoms with Crippen molar-refractivity contribution < 1.29 is 22.4 Å². The van der Waals surface area contributed by atoms with Gasteiger partial charge in [-0.25, -0.2) is 9.37 Å². The number of benzene rings is 2. The molecule has 0 saturated heterocycles. The summed E-state index contributed by atoms with van der Waals surface area (Å²) >= 11 is 12.0. The van der Waals surface area contributed by atoms with E-state index >= 15 is 0 Å². The van der Waals surface area contributed by atoms with Crippen LogP contribution in [0.5, 0.6) is 0 Å². The number of hydrogen-bond donors (Lipinski definition) is 1. The number of nitrogens with zero attached hydrogens (tertiary/aromatic N) is 2. The first-order valence-corrected chi connectivity index (χ1v) is 11.9. The zero-order valence-electron chi connectivity index (χ0n) is 18.8. The van der Waals surface area contributed by atoms with Crippen molar-refractivity contribution in [3.05, 3.63) is 69.6 Å². The minimum absolute atomic E-state index is 0.0152. The van der Waals surface area contributed by atoms with E-state index in [-0.39, 0.29) is 35.0 Å². The van der Waals surface area contributed by atoms with Gasteiger partial charge in [-0.15, -0.1) is 0 Å². The molecule has 0 spiro atoms. The van der Waals surface area contributed by atoms with E-state index in [0.717, 1.165) is 6.07 Å². The number of hydrogen-bond acceptors (Lipinski definition) is 3. The quantitative estimate of drug-likeness (QED) is 0.371. The molecule has 1 fully saturated rings. The molecule has 4 nitrogen and oxygen atoms in total. The van der Waals surface area contributed by atoms with Gasteiger partial charge in [-0.05, 0) is 73.7 Å². The predicted molar refractivity (Wildman–Crippen MR) is 129 cm³/mol. The summed E-state index contributed by atoms with van der Waals surface area (Å²) in [5, 5.41) is 4.17. The van der Waals surface area contributed by atoms with Crippen LogP contribution in [0.4, 0.5) is 23.2 Å². The summed E-state index contributed by atoms with van der Waals surface area (Å²) in [6.07, 6.45) is -1.86.